The number of aryl methyl sites for hydroxylation is 1. The van der Waals surface area contributed by atoms with Crippen molar-refractivity contribution in [2.45, 2.75) is 26.4 Å². The van der Waals surface area contributed by atoms with Gasteiger partial charge in [0.25, 0.3) is 0 Å². The molecule has 0 aliphatic heterocycles. The van der Waals surface area contributed by atoms with E-state index in [0.29, 0.717) is 17.8 Å². The predicted molar refractivity (Wildman–Crippen MR) is 99.0 cm³/mol. The number of nitrogens with zero attached hydrogens (tertiary/aromatic N) is 3. The molecular weight excluding hydrogens is 383 g/mol. The largest absolute Gasteiger partial charge is 0.478 e. The molecule has 3 rings (SSSR count). The van der Waals surface area contributed by atoms with Gasteiger partial charge in [-0.25, -0.2) is 9.48 Å². The molecule has 0 fully saturated rings. The smallest absolute Gasteiger partial charge is 0.417 e. The lowest BCUT2D eigenvalue weighted by molar-refractivity contribution is -0.137. The predicted octanol–water partition coefficient (Wildman–Crippen LogP) is 4.67. The number of carboxylic acids is 1. The van der Waals surface area contributed by atoms with Gasteiger partial charge in [0.05, 0.1) is 34.1 Å². The molecule has 1 aromatic heterocycles. The van der Waals surface area contributed by atoms with E-state index < -0.39 is 23.3 Å². The summed E-state index contributed by atoms with van der Waals surface area (Å²) in [5.74, 6) is -1.02. The van der Waals surface area contributed by atoms with Crippen molar-refractivity contribution in [3.63, 3.8) is 0 Å². The van der Waals surface area contributed by atoms with Crippen LogP contribution in [0.5, 0.6) is 0 Å². The molecule has 0 spiro atoms. The number of carbonyl (C=O) groups is 1. The molecule has 0 atom stereocenters. The second-order valence-corrected chi connectivity index (χ2v) is 6.58. The number of aromatic nitrogens is 2. The highest BCUT2D eigenvalue weighted by molar-refractivity contribution is 5.87. The maximum atomic E-state index is 13.3. The summed E-state index contributed by atoms with van der Waals surface area (Å²) in [5.41, 5.74) is 1.96. The molecule has 8 heteroatoms. The Kier molecular flexibility index (Phi) is 5.16. The number of rotatable bonds is 4. The van der Waals surface area contributed by atoms with Gasteiger partial charge < -0.3 is 5.11 Å². The zero-order valence-electron chi connectivity index (χ0n) is 15.6. The molecule has 0 aliphatic rings. The van der Waals surface area contributed by atoms with Gasteiger partial charge in [0.15, 0.2) is 0 Å². The van der Waals surface area contributed by atoms with Gasteiger partial charge in [0, 0.05) is 17.7 Å². The van der Waals surface area contributed by atoms with Gasteiger partial charge in [-0.15, -0.1) is 0 Å². The van der Waals surface area contributed by atoms with Gasteiger partial charge in [0.2, 0.25) is 0 Å². The lowest BCUT2D eigenvalue weighted by Gasteiger charge is -2.12. The summed E-state index contributed by atoms with van der Waals surface area (Å²) < 4.78 is 41.2. The van der Waals surface area contributed by atoms with Crippen LogP contribution in [0.15, 0.2) is 42.5 Å². The van der Waals surface area contributed by atoms with E-state index in [1.54, 1.807) is 32.0 Å². The highest BCUT2D eigenvalue weighted by atomic mass is 19.4. The maximum absolute atomic E-state index is 13.3. The van der Waals surface area contributed by atoms with E-state index in [1.807, 2.05) is 0 Å². The third-order valence-corrected chi connectivity index (χ3v) is 4.70. The first-order chi connectivity index (χ1) is 13.6. The molecule has 0 saturated carbocycles. The van der Waals surface area contributed by atoms with Crippen molar-refractivity contribution in [3.05, 3.63) is 81.7 Å². The molecule has 3 aromatic rings. The van der Waals surface area contributed by atoms with Crippen molar-refractivity contribution in [2.24, 2.45) is 0 Å². The van der Waals surface area contributed by atoms with E-state index in [0.717, 1.165) is 23.3 Å². The molecule has 0 bridgehead atoms. The van der Waals surface area contributed by atoms with Crippen LogP contribution in [-0.2, 0) is 12.6 Å². The molecule has 5 nitrogen and oxygen atoms in total. The number of carboxylic acid groups (broad SMARTS) is 1. The Morgan fingerprint density at radius 3 is 2.38 bits per heavy atom. The van der Waals surface area contributed by atoms with Crippen molar-refractivity contribution in [3.8, 4) is 11.8 Å². The third kappa shape index (κ3) is 3.99. The number of hydrogen-bond acceptors (Lipinski definition) is 3. The van der Waals surface area contributed by atoms with Crippen molar-refractivity contribution in [2.75, 3.05) is 0 Å². The second-order valence-electron chi connectivity index (χ2n) is 6.58. The van der Waals surface area contributed by atoms with Crippen molar-refractivity contribution >= 4 is 5.97 Å². The third-order valence-electron chi connectivity index (χ3n) is 4.70. The Morgan fingerprint density at radius 1 is 1.17 bits per heavy atom. The fraction of sp³-hybridized carbons (Fsp3) is 0.190. The summed E-state index contributed by atoms with van der Waals surface area (Å²) in [6, 6.07) is 11.5. The highest BCUT2D eigenvalue weighted by Gasteiger charge is 2.34. The minimum atomic E-state index is -4.65. The minimum absolute atomic E-state index is 0.176. The molecule has 1 heterocycles. The first-order valence-electron chi connectivity index (χ1n) is 8.61. The Hall–Kier alpha value is -3.60. The van der Waals surface area contributed by atoms with Crippen LogP contribution in [0.2, 0.25) is 0 Å². The number of halogens is 3. The Bertz CT molecular complexity index is 1120. The van der Waals surface area contributed by atoms with E-state index in [2.05, 4.69) is 5.10 Å². The van der Waals surface area contributed by atoms with Gasteiger partial charge in [0.1, 0.15) is 0 Å². The van der Waals surface area contributed by atoms with Crippen LogP contribution >= 0.6 is 0 Å². The maximum Gasteiger partial charge on any atom is 0.417 e. The number of alkyl halides is 3. The van der Waals surface area contributed by atoms with Crippen LogP contribution in [0.3, 0.4) is 0 Å². The lowest BCUT2D eigenvalue weighted by Crippen LogP contribution is -2.10. The molecule has 29 heavy (non-hydrogen) atoms. The van der Waals surface area contributed by atoms with E-state index in [4.69, 9.17) is 10.4 Å². The summed E-state index contributed by atoms with van der Waals surface area (Å²) >= 11 is 0. The molecule has 2 aromatic carbocycles. The summed E-state index contributed by atoms with van der Waals surface area (Å²) in [4.78, 5) is 11.0. The SMILES string of the molecule is Cc1nn(-c2ccc(C#N)c(C(F)(F)F)c2)c(C)c1Cc1ccc(C(=O)O)cc1. The molecule has 148 valence electrons. The highest BCUT2D eigenvalue weighted by Crippen LogP contribution is 2.33. The summed E-state index contributed by atoms with van der Waals surface area (Å²) in [5, 5.41) is 22.3. The average Bonchev–Trinajstić information content (AvgIpc) is 2.95. The van der Waals surface area contributed by atoms with Crippen molar-refractivity contribution in [1.82, 2.24) is 9.78 Å². The zero-order chi connectivity index (χ0) is 21.3. The molecule has 0 saturated heterocycles. The van der Waals surface area contributed by atoms with Crippen LogP contribution in [0.25, 0.3) is 5.69 Å². The van der Waals surface area contributed by atoms with Gasteiger partial charge in [-0.2, -0.15) is 23.5 Å². The minimum Gasteiger partial charge on any atom is -0.478 e. The van der Waals surface area contributed by atoms with Gasteiger partial charge in [-0.05, 0) is 49.7 Å². The molecule has 0 unspecified atom stereocenters. The molecule has 1 N–H and O–H groups in total. The normalized spacial score (nSPS) is 11.3. The number of hydrogen-bond donors (Lipinski definition) is 1. The van der Waals surface area contributed by atoms with Crippen LogP contribution in [0.1, 0.15) is 44.0 Å². The molecular formula is C21H16F3N3O2. The average molecular weight is 399 g/mol. The standard InChI is InChI=1S/C21H16F3N3O2/c1-12-18(9-14-3-5-15(6-4-14)20(28)29)13(2)27(26-12)17-8-7-16(11-25)19(10-17)21(22,23)24/h3-8,10H,9H2,1-2H3,(H,28,29). The Morgan fingerprint density at radius 2 is 1.83 bits per heavy atom. The van der Waals surface area contributed by atoms with Gasteiger partial charge in [-0.1, -0.05) is 12.1 Å². The van der Waals surface area contributed by atoms with E-state index in [9.17, 15) is 18.0 Å². The van der Waals surface area contributed by atoms with E-state index >= 15 is 0 Å². The van der Waals surface area contributed by atoms with Crippen LogP contribution < -0.4 is 0 Å². The fourth-order valence-corrected chi connectivity index (χ4v) is 3.15. The molecule has 0 amide bonds. The lowest BCUT2D eigenvalue weighted by atomic mass is 10.0. The van der Waals surface area contributed by atoms with Crippen molar-refractivity contribution in [1.29, 1.82) is 5.26 Å². The fourth-order valence-electron chi connectivity index (χ4n) is 3.15. The number of benzene rings is 2. The summed E-state index contributed by atoms with van der Waals surface area (Å²) in [6.07, 6.45) is -4.19. The Balaban J connectivity index is 2.00. The van der Waals surface area contributed by atoms with E-state index in [1.165, 1.54) is 22.9 Å². The van der Waals surface area contributed by atoms with Gasteiger partial charge in [-0.3, -0.25) is 0 Å². The second kappa shape index (κ2) is 7.43. The Labute approximate surface area is 164 Å². The van der Waals surface area contributed by atoms with Crippen LogP contribution in [0.4, 0.5) is 13.2 Å². The topological polar surface area (TPSA) is 78.9 Å². The summed E-state index contributed by atoms with van der Waals surface area (Å²) in [6.45, 7) is 3.52. The van der Waals surface area contributed by atoms with Crippen molar-refractivity contribution < 1.29 is 23.1 Å². The monoisotopic (exact) mass is 399 g/mol. The molecule has 0 aliphatic carbocycles. The molecule has 0 radical (unpaired) electrons. The van der Waals surface area contributed by atoms with E-state index in [-0.39, 0.29) is 11.3 Å². The van der Waals surface area contributed by atoms with Crippen LogP contribution in [0, 0.1) is 25.2 Å². The zero-order valence-corrected chi connectivity index (χ0v) is 15.6. The number of aromatic carboxylic acids is 1. The first-order valence-corrected chi connectivity index (χ1v) is 8.61. The number of nitriles is 1. The van der Waals surface area contributed by atoms with Gasteiger partial charge >= 0.3 is 12.1 Å². The van der Waals surface area contributed by atoms with Crippen LogP contribution in [-0.4, -0.2) is 20.9 Å². The summed E-state index contributed by atoms with van der Waals surface area (Å²) in [7, 11) is 0. The quantitative estimate of drug-likeness (QED) is 0.692. The first kappa shape index (κ1) is 20.1.